The predicted molar refractivity (Wildman–Crippen MR) is 87.8 cm³/mol. The summed E-state index contributed by atoms with van der Waals surface area (Å²) in [7, 11) is 0. The first-order chi connectivity index (χ1) is 9.74. The maximum absolute atomic E-state index is 6.07. The van der Waals surface area contributed by atoms with E-state index in [0.29, 0.717) is 5.15 Å². The van der Waals surface area contributed by atoms with E-state index in [4.69, 9.17) is 11.6 Å². The van der Waals surface area contributed by atoms with Gasteiger partial charge in [0.2, 0.25) is 0 Å². The van der Waals surface area contributed by atoms with Gasteiger partial charge < -0.3 is 0 Å². The number of hydrogen-bond donors (Lipinski definition) is 0. The van der Waals surface area contributed by atoms with Gasteiger partial charge in [-0.15, -0.1) is 0 Å². The summed E-state index contributed by atoms with van der Waals surface area (Å²) < 4.78 is 1.06. The van der Waals surface area contributed by atoms with E-state index < -0.39 is 0 Å². The van der Waals surface area contributed by atoms with Gasteiger partial charge in [0.15, 0.2) is 0 Å². The van der Waals surface area contributed by atoms with Crippen LogP contribution in [-0.2, 0) is 0 Å². The minimum absolute atomic E-state index is 0.502. The smallest absolute Gasteiger partial charge is 0.129 e. The summed E-state index contributed by atoms with van der Waals surface area (Å²) in [5.74, 6) is 0. The van der Waals surface area contributed by atoms with Gasteiger partial charge in [0, 0.05) is 16.2 Å². The van der Waals surface area contributed by atoms with Gasteiger partial charge in [-0.1, -0.05) is 70.0 Å². The lowest BCUT2D eigenvalue weighted by atomic mass is 9.97. The summed E-state index contributed by atoms with van der Waals surface area (Å²) in [5.41, 5.74) is 4.42. The second kappa shape index (κ2) is 5.78. The molecule has 0 atom stereocenters. The first-order valence-corrected chi connectivity index (χ1v) is 7.38. The third-order valence-electron chi connectivity index (χ3n) is 3.11. The Hall–Kier alpha value is -1.64. The summed E-state index contributed by atoms with van der Waals surface area (Å²) in [4.78, 5) is 4.22. The quantitative estimate of drug-likeness (QED) is 0.533. The summed E-state index contributed by atoms with van der Waals surface area (Å²) in [6.07, 6.45) is 1.83. The second-order valence-corrected chi connectivity index (χ2v) is 5.73. The molecule has 1 heterocycles. The zero-order valence-electron chi connectivity index (χ0n) is 10.6. The highest BCUT2D eigenvalue weighted by Crippen LogP contribution is 2.33. The van der Waals surface area contributed by atoms with Gasteiger partial charge in [0.05, 0.1) is 0 Å². The van der Waals surface area contributed by atoms with Crippen LogP contribution in [0.1, 0.15) is 0 Å². The highest BCUT2D eigenvalue weighted by molar-refractivity contribution is 9.10. The molecular formula is C17H11BrClN. The molecule has 0 spiro atoms. The Morgan fingerprint density at radius 3 is 2.15 bits per heavy atom. The Morgan fingerprint density at radius 2 is 1.45 bits per heavy atom. The largest absolute Gasteiger partial charge is 0.244 e. The fourth-order valence-corrected chi connectivity index (χ4v) is 2.57. The third kappa shape index (κ3) is 2.77. The van der Waals surface area contributed by atoms with Gasteiger partial charge >= 0.3 is 0 Å². The number of nitrogens with zero attached hydrogens (tertiary/aromatic N) is 1. The van der Waals surface area contributed by atoms with E-state index in [-0.39, 0.29) is 0 Å². The van der Waals surface area contributed by atoms with Crippen molar-refractivity contribution >= 4 is 27.5 Å². The maximum Gasteiger partial charge on any atom is 0.129 e. The number of benzene rings is 2. The van der Waals surface area contributed by atoms with Crippen molar-refractivity contribution in [2.75, 3.05) is 0 Å². The first kappa shape index (κ1) is 13.3. The van der Waals surface area contributed by atoms with Crippen LogP contribution in [0.3, 0.4) is 0 Å². The third-order valence-corrected chi connectivity index (χ3v) is 3.85. The summed E-state index contributed by atoms with van der Waals surface area (Å²) in [5, 5.41) is 0.502. The topological polar surface area (TPSA) is 12.9 Å². The van der Waals surface area contributed by atoms with Crippen LogP contribution in [-0.4, -0.2) is 4.98 Å². The molecule has 1 aromatic heterocycles. The van der Waals surface area contributed by atoms with Crippen LogP contribution in [0, 0.1) is 0 Å². The summed E-state index contributed by atoms with van der Waals surface area (Å²) >= 11 is 9.52. The van der Waals surface area contributed by atoms with Crippen LogP contribution < -0.4 is 0 Å². The lowest BCUT2D eigenvalue weighted by Gasteiger charge is -2.10. The number of pyridine rings is 1. The van der Waals surface area contributed by atoms with Crippen molar-refractivity contribution in [1.82, 2.24) is 4.98 Å². The Labute approximate surface area is 131 Å². The Bertz CT molecular complexity index is 724. The zero-order valence-corrected chi connectivity index (χ0v) is 12.9. The molecule has 0 aliphatic heterocycles. The van der Waals surface area contributed by atoms with E-state index in [1.165, 1.54) is 0 Å². The predicted octanol–water partition coefficient (Wildman–Crippen LogP) is 5.83. The lowest BCUT2D eigenvalue weighted by Crippen LogP contribution is -1.87. The zero-order chi connectivity index (χ0) is 13.9. The number of halogens is 2. The molecule has 20 heavy (non-hydrogen) atoms. The molecule has 0 bridgehead atoms. The fraction of sp³-hybridized carbons (Fsp3) is 0. The minimum Gasteiger partial charge on any atom is -0.244 e. The molecule has 0 aliphatic rings. The molecule has 3 aromatic rings. The number of rotatable bonds is 2. The molecule has 0 radical (unpaired) electrons. The van der Waals surface area contributed by atoms with E-state index >= 15 is 0 Å². The van der Waals surface area contributed by atoms with Crippen molar-refractivity contribution in [3.8, 4) is 22.3 Å². The molecule has 2 aromatic carbocycles. The molecule has 3 rings (SSSR count). The van der Waals surface area contributed by atoms with Crippen molar-refractivity contribution in [1.29, 1.82) is 0 Å². The monoisotopic (exact) mass is 343 g/mol. The maximum atomic E-state index is 6.07. The van der Waals surface area contributed by atoms with Crippen LogP contribution >= 0.6 is 27.5 Å². The van der Waals surface area contributed by atoms with Crippen LogP contribution in [0.5, 0.6) is 0 Å². The van der Waals surface area contributed by atoms with Crippen molar-refractivity contribution in [2.24, 2.45) is 0 Å². The Balaban J connectivity index is 2.19. The first-order valence-electron chi connectivity index (χ1n) is 6.21. The van der Waals surface area contributed by atoms with Gasteiger partial charge in [-0.2, -0.15) is 0 Å². The minimum atomic E-state index is 0.502. The SMILES string of the molecule is Clc1cc(-c2ccc(Br)cc2)c(-c2ccccc2)cn1. The van der Waals surface area contributed by atoms with Crippen molar-refractivity contribution in [2.45, 2.75) is 0 Å². The van der Waals surface area contributed by atoms with Gasteiger partial charge in [-0.05, 0) is 34.9 Å². The molecule has 0 fully saturated rings. The number of hydrogen-bond acceptors (Lipinski definition) is 1. The van der Waals surface area contributed by atoms with Crippen molar-refractivity contribution < 1.29 is 0 Å². The second-order valence-electron chi connectivity index (χ2n) is 4.43. The molecular weight excluding hydrogens is 334 g/mol. The molecule has 98 valence electrons. The van der Waals surface area contributed by atoms with E-state index in [2.05, 4.69) is 45.2 Å². The standard InChI is InChI=1S/C17H11BrClN/c18-14-8-6-13(7-9-14)15-10-17(19)20-11-16(15)12-4-2-1-3-5-12/h1-11H. The molecule has 0 saturated carbocycles. The van der Waals surface area contributed by atoms with Gasteiger partial charge in [0.25, 0.3) is 0 Å². The molecule has 0 unspecified atom stereocenters. The molecule has 0 N–H and O–H groups in total. The normalized spacial score (nSPS) is 10.5. The molecule has 0 saturated heterocycles. The van der Waals surface area contributed by atoms with E-state index in [0.717, 1.165) is 26.7 Å². The summed E-state index contributed by atoms with van der Waals surface area (Å²) in [6.45, 7) is 0. The highest BCUT2D eigenvalue weighted by atomic mass is 79.9. The molecule has 1 nitrogen and oxygen atoms in total. The van der Waals surface area contributed by atoms with E-state index in [1.54, 1.807) is 0 Å². The van der Waals surface area contributed by atoms with E-state index in [1.807, 2.05) is 42.6 Å². The van der Waals surface area contributed by atoms with Crippen LogP contribution in [0.15, 0.2) is 71.3 Å². The average molecular weight is 345 g/mol. The van der Waals surface area contributed by atoms with Gasteiger partial charge in [-0.25, -0.2) is 4.98 Å². The van der Waals surface area contributed by atoms with Crippen molar-refractivity contribution in [3.63, 3.8) is 0 Å². The molecule has 3 heteroatoms. The van der Waals surface area contributed by atoms with Crippen LogP contribution in [0.25, 0.3) is 22.3 Å². The fourth-order valence-electron chi connectivity index (χ4n) is 2.15. The Kier molecular flexibility index (Phi) is 3.86. The van der Waals surface area contributed by atoms with Gasteiger partial charge in [-0.3, -0.25) is 0 Å². The molecule has 0 amide bonds. The average Bonchev–Trinajstić information content (AvgIpc) is 2.49. The molecule has 0 aliphatic carbocycles. The van der Waals surface area contributed by atoms with Crippen LogP contribution in [0.4, 0.5) is 0 Å². The number of aromatic nitrogens is 1. The van der Waals surface area contributed by atoms with Crippen LogP contribution in [0.2, 0.25) is 5.15 Å². The van der Waals surface area contributed by atoms with E-state index in [9.17, 15) is 0 Å². The lowest BCUT2D eigenvalue weighted by molar-refractivity contribution is 1.33. The Morgan fingerprint density at radius 1 is 0.800 bits per heavy atom. The highest BCUT2D eigenvalue weighted by Gasteiger charge is 2.09. The van der Waals surface area contributed by atoms with Gasteiger partial charge in [0.1, 0.15) is 5.15 Å². The summed E-state index contributed by atoms with van der Waals surface area (Å²) in [6, 6.07) is 20.3. The van der Waals surface area contributed by atoms with Crippen molar-refractivity contribution in [3.05, 3.63) is 76.5 Å².